The van der Waals surface area contributed by atoms with Gasteiger partial charge in [-0.15, -0.1) is 0 Å². The zero-order chi connectivity index (χ0) is 11.4. The highest BCUT2D eigenvalue weighted by Gasteiger charge is 2.18. The summed E-state index contributed by atoms with van der Waals surface area (Å²) in [4.78, 5) is 2.25. The maximum absolute atomic E-state index is 13.0. The van der Waals surface area contributed by atoms with E-state index in [0.29, 0.717) is 13.2 Å². The molecule has 1 aliphatic rings. The van der Waals surface area contributed by atoms with Crippen molar-refractivity contribution in [2.24, 2.45) is 5.73 Å². The Morgan fingerprint density at radius 2 is 2.38 bits per heavy atom. The van der Waals surface area contributed by atoms with Crippen LogP contribution in [0.1, 0.15) is 5.56 Å². The molecule has 0 amide bonds. The third kappa shape index (κ3) is 3.01. The summed E-state index contributed by atoms with van der Waals surface area (Å²) in [6, 6.07) is 6.72. The number of halogens is 1. The molecule has 1 fully saturated rings. The summed E-state index contributed by atoms with van der Waals surface area (Å²) in [7, 11) is 0. The number of nitrogens with zero attached hydrogens (tertiary/aromatic N) is 1. The lowest BCUT2D eigenvalue weighted by Crippen LogP contribution is -2.45. The van der Waals surface area contributed by atoms with Gasteiger partial charge in [0.25, 0.3) is 0 Å². The van der Waals surface area contributed by atoms with Gasteiger partial charge in [-0.3, -0.25) is 4.90 Å². The van der Waals surface area contributed by atoms with Crippen molar-refractivity contribution < 1.29 is 9.13 Å². The van der Waals surface area contributed by atoms with Gasteiger partial charge in [0.1, 0.15) is 5.82 Å². The molecule has 0 aliphatic carbocycles. The first-order valence-electron chi connectivity index (χ1n) is 5.56. The minimum atomic E-state index is -0.180. The van der Waals surface area contributed by atoms with E-state index in [1.54, 1.807) is 12.1 Å². The van der Waals surface area contributed by atoms with Gasteiger partial charge in [0.2, 0.25) is 0 Å². The molecule has 1 aromatic carbocycles. The quantitative estimate of drug-likeness (QED) is 0.832. The molecule has 0 bridgehead atoms. The van der Waals surface area contributed by atoms with Crippen molar-refractivity contribution in [3.63, 3.8) is 0 Å². The molecule has 2 N–H and O–H groups in total. The molecule has 0 saturated carbocycles. The van der Waals surface area contributed by atoms with Crippen LogP contribution >= 0.6 is 0 Å². The third-order valence-electron chi connectivity index (χ3n) is 2.78. The van der Waals surface area contributed by atoms with Crippen LogP contribution in [0.2, 0.25) is 0 Å². The minimum absolute atomic E-state index is 0.113. The van der Waals surface area contributed by atoms with Gasteiger partial charge in [-0.05, 0) is 17.7 Å². The molecule has 1 heterocycles. The second-order valence-electron chi connectivity index (χ2n) is 4.09. The van der Waals surface area contributed by atoms with E-state index < -0.39 is 0 Å². The predicted molar refractivity (Wildman–Crippen MR) is 60.5 cm³/mol. The Balaban J connectivity index is 1.94. The predicted octanol–water partition coefficient (Wildman–Crippen LogP) is 0.985. The number of morpholine rings is 1. The van der Waals surface area contributed by atoms with Crippen LogP contribution in [-0.2, 0) is 11.3 Å². The first-order valence-corrected chi connectivity index (χ1v) is 5.56. The van der Waals surface area contributed by atoms with Crippen LogP contribution in [0.5, 0.6) is 0 Å². The standard InChI is InChI=1S/C12H17FN2O/c13-11-3-1-2-10(6-11)8-15-4-5-16-12(7-14)9-15/h1-3,6,12H,4-5,7-9,14H2/t12-/m0/s1. The van der Waals surface area contributed by atoms with Gasteiger partial charge in [0.05, 0.1) is 12.7 Å². The van der Waals surface area contributed by atoms with Gasteiger partial charge < -0.3 is 10.5 Å². The SMILES string of the molecule is NC[C@H]1CN(Cc2cccc(F)c2)CCO1. The average molecular weight is 224 g/mol. The maximum Gasteiger partial charge on any atom is 0.123 e. The topological polar surface area (TPSA) is 38.5 Å². The van der Waals surface area contributed by atoms with E-state index in [-0.39, 0.29) is 11.9 Å². The summed E-state index contributed by atoms with van der Waals surface area (Å²) in [5.41, 5.74) is 6.57. The molecule has 0 aromatic heterocycles. The summed E-state index contributed by atoms with van der Waals surface area (Å²) in [5.74, 6) is -0.180. The molecule has 2 rings (SSSR count). The van der Waals surface area contributed by atoms with Crippen molar-refractivity contribution in [1.82, 2.24) is 4.90 Å². The van der Waals surface area contributed by atoms with Crippen LogP contribution in [-0.4, -0.2) is 37.2 Å². The van der Waals surface area contributed by atoms with E-state index in [4.69, 9.17) is 10.5 Å². The smallest absolute Gasteiger partial charge is 0.123 e. The molecule has 1 saturated heterocycles. The molecule has 3 nitrogen and oxygen atoms in total. The van der Waals surface area contributed by atoms with Crippen LogP contribution < -0.4 is 5.73 Å². The normalized spacial score (nSPS) is 22.2. The van der Waals surface area contributed by atoms with Gasteiger partial charge >= 0.3 is 0 Å². The fourth-order valence-corrected chi connectivity index (χ4v) is 1.96. The number of hydrogen-bond donors (Lipinski definition) is 1. The zero-order valence-electron chi connectivity index (χ0n) is 9.23. The van der Waals surface area contributed by atoms with Crippen molar-refractivity contribution in [2.45, 2.75) is 12.6 Å². The summed E-state index contributed by atoms with van der Waals surface area (Å²) < 4.78 is 18.5. The average Bonchev–Trinajstić information content (AvgIpc) is 2.29. The highest BCUT2D eigenvalue weighted by molar-refractivity contribution is 5.16. The summed E-state index contributed by atoms with van der Waals surface area (Å²) >= 11 is 0. The molecule has 88 valence electrons. The molecular weight excluding hydrogens is 207 g/mol. The molecule has 16 heavy (non-hydrogen) atoms. The monoisotopic (exact) mass is 224 g/mol. The molecule has 1 aliphatic heterocycles. The lowest BCUT2D eigenvalue weighted by atomic mass is 10.2. The summed E-state index contributed by atoms with van der Waals surface area (Å²) in [6.45, 7) is 3.72. The van der Waals surface area contributed by atoms with E-state index in [1.165, 1.54) is 6.07 Å². The van der Waals surface area contributed by atoms with Crippen molar-refractivity contribution in [3.05, 3.63) is 35.6 Å². The highest BCUT2D eigenvalue weighted by Crippen LogP contribution is 2.11. The molecular formula is C12H17FN2O. The van der Waals surface area contributed by atoms with Gasteiger partial charge in [-0.25, -0.2) is 4.39 Å². The lowest BCUT2D eigenvalue weighted by molar-refractivity contribution is -0.0260. The third-order valence-corrected chi connectivity index (χ3v) is 2.78. The van der Waals surface area contributed by atoms with E-state index >= 15 is 0 Å². The molecule has 0 unspecified atom stereocenters. The van der Waals surface area contributed by atoms with Crippen LogP contribution in [0.15, 0.2) is 24.3 Å². The Morgan fingerprint density at radius 1 is 1.50 bits per heavy atom. The molecule has 0 radical (unpaired) electrons. The maximum atomic E-state index is 13.0. The second-order valence-corrected chi connectivity index (χ2v) is 4.09. The first-order chi connectivity index (χ1) is 7.78. The van der Waals surface area contributed by atoms with Crippen LogP contribution in [0, 0.1) is 5.82 Å². The largest absolute Gasteiger partial charge is 0.374 e. The minimum Gasteiger partial charge on any atom is -0.374 e. The fraction of sp³-hybridized carbons (Fsp3) is 0.500. The molecule has 1 aromatic rings. The van der Waals surface area contributed by atoms with E-state index in [0.717, 1.165) is 25.2 Å². The Bertz CT molecular complexity index is 346. The van der Waals surface area contributed by atoms with Crippen LogP contribution in [0.3, 0.4) is 0 Å². The van der Waals surface area contributed by atoms with Gasteiger partial charge in [-0.1, -0.05) is 12.1 Å². The highest BCUT2D eigenvalue weighted by atomic mass is 19.1. The number of benzene rings is 1. The van der Waals surface area contributed by atoms with Gasteiger partial charge in [0.15, 0.2) is 0 Å². The first kappa shape index (κ1) is 11.5. The van der Waals surface area contributed by atoms with E-state index in [9.17, 15) is 4.39 Å². The van der Waals surface area contributed by atoms with Crippen molar-refractivity contribution in [2.75, 3.05) is 26.2 Å². The van der Waals surface area contributed by atoms with Crippen LogP contribution in [0.4, 0.5) is 4.39 Å². The fourth-order valence-electron chi connectivity index (χ4n) is 1.96. The van der Waals surface area contributed by atoms with E-state index in [2.05, 4.69) is 4.90 Å². The molecule has 0 spiro atoms. The van der Waals surface area contributed by atoms with E-state index in [1.807, 2.05) is 6.07 Å². The summed E-state index contributed by atoms with van der Waals surface area (Å²) in [5, 5.41) is 0. The lowest BCUT2D eigenvalue weighted by Gasteiger charge is -2.32. The number of nitrogens with two attached hydrogens (primary N) is 1. The van der Waals surface area contributed by atoms with Gasteiger partial charge in [-0.2, -0.15) is 0 Å². The Hall–Kier alpha value is -0.970. The second kappa shape index (κ2) is 5.39. The van der Waals surface area contributed by atoms with Crippen molar-refractivity contribution >= 4 is 0 Å². The Labute approximate surface area is 95.0 Å². The van der Waals surface area contributed by atoms with Crippen molar-refractivity contribution in [1.29, 1.82) is 0 Å². The number of ether oxygens (including phenoxy) is 1. The molecule has 1 atom stereocenters. The Kier molecular flexibility index (Phi) is 3.88. The zero-order valence-corrected chi connectivity index (χ0v) is 9.23. The Morgan fingerprint density at radius 3 is 3.12 bits per heavy atom. The number of hydrogen-bond acceptors (Lipinski definition) is 3. The van der Waals surface area contributed by atoms with Crippen molar-refractivity contribution in [3.8, 4) is 0 Å². The van der Waals surface area contributed by atoms with Gasteiger partial charge in [0, 0.05) is 26.2 Å². The summed E-state index contributed by atoms with van der Waals surface area (Å²) in [6.07, 6.45) is 0.113. The number of rotatable bonds is 3. The molecule has 4 heteroatoms. The van der Waals surface area contributed by atoms with Crippen LogP contribution in [0.25, 0.3) is 0 Å².